The van der Waals surface area contributed by atoms with Gasteiger partial charge in [-0.1, -0.05) is 36.4 Å². The Labute approximate surface area is 85.4 Å². The van der Waals surface area contributed by atoms with Gasteiger partial charge in [0.15, 0.2) is 0 Å². The van der Waals surface area contributed by atoms with E-state index in [9.17, 15) is 0 Å². The van der Waals surface area contributed by atoms with E-state index in [0.29, 0.717) is 6.10 Å². The molecule has 1 nitrogen and oxygen atoms in total. The lowest BCUT2D eigenvalue weighted by molar-refractivity contribution is 0.0304. The van der Waals surface area contributed by atoms with Crippen LogP contribution in [0.25, 0.3) is 5.57 Å². The van der Waals surface area contributed by atoms with E-state index < -0.39 is 0 Å². The highest BCUT2D eigenvalue weighted by Crippen LogP contribution is 2.26. The zero-order valence-electron chi connectivity index (χ0n) is 8.73. The number of rotatable bonds is 1. The van der Waals surface area contributed by atoms with Crippen LogP contribution in [0, 0.1) is 0 Å². The molecule has 1 aromatic carbocycles. The van der Waals surface area contributed by atoms with Crippen molar-refractivity contribution in [3.63, 3.8) is 0 Å². The Morgan fingerprint density at radius 1 is 1.14 bits per heavy atom. The molecule has 1 heterocycles. The maximum absolute atomic E-state index is 5.66. The molecule has 2 rings (SSSR count). The van der Waals surface area contributed by atoms with E-state index in [4.69, 9.17) is 4.74 Å². The fourth-order valence-corrected chi connectivity index (χ4v) is 1.98. The quantitative estimate of drug-likeness (QED) is 0.657. The first-order valence-electron chi connectivity index (χ1n) is 5.17. The van der Waals surface area contributed by atoms with Crippen LogP contribution in [0.3, 0.4) is 0 Å². The average molecular weight is 188 g/mol. The Morgan fingerprint density at radius 2 is 1.86 bits per heavy atom. The topological polar surface area (TPSA) is 9.23 Å². The summed E-state index contributed by atoms with van der Waals surface area (Å²) in [5.74, 6) is 0. The van der Waals surface area contributed by atoms with Gasteiger partial charge in [-0.15, -0.1) is 0 Å². The Bertz CT molecular complexity index is 326. The third kappa shape index (κ3) is 2.05. The minimum atomic E-state index is 0.244. The normalized spacial score (nSPS) is 27.1. The van der Waals surface area contributed by atoms with Crippen LogP contribution in [0.4, 0.5) is 0 Å². The molecule has 1 aliphatic rings. The second kappa shape index (κ2) is 3.97. The largest absolute Gasteiger partial charge is 0.371 e. The van der Waals surface area contributed by atoms with Crippen molar-refractivity contribution in [2.24, 2.45) is 0 Å². The molecule has 0 saturated carbocycles. The maximum Gasteiger partial charge on any atom is 0.0737 e. The Hall–Kier alpha value is -1.08. The smallest absolute Gasteiger partial charge is 0.0737 e. The lowest BCUT2D eigenvalue weighted by Crippen LogP contribution is -2.20. The van der Waals surface area contributed by atoms with Crippen molar-refractivity contribution >= 4 is 5.57 Å². The van der Waals surface area contributed by atoms with Crippen LogP contribution in [0.2, 0.25) is 0 Å². The van der Waals surface area contributed by atoms with Crippen LogP contribution in [-0.4, -0.2) is 12.2 Å². The molecule has 74 valence electrons. The van der Waals surface area contributed by atoms with Gasteiger partial charge in [0.1, 0.15) is 0 Å². The molecule has 1 aromatic rings. The summed E-state index contributed by atoms with van der Waals surface area (Å²) in [4.78, 5) is 0. The zero-order valence-corrected chi connectivity index (χ0v) is 8.73. The lowest BCUT2D eigenvalue weighted by Gasteiger charge is -2.25. The first-order chi connectivity index (χ1) is 6.75. The summed E-state index contributed by atoms with van der Waals surface area (Å²) >= 11 is 0. The van der Waals surface area contributed by atoms with E-state index in [1.165, 1.54) is 11.1 Å². The molecule has 0 fully saturated rings. The molecule has 0 radical (unpaired) electrons. The fourth-order valence-electron chi connectivity index (χ4n) is 1.98. The van der Waals surface area contributed by atoms with Crippen LogP contribution < -0.4 is 0 Å². The third-order valence-electron chi connectivity index (χ3n) is 2.53. The van der Waals surface area contributed by atoms with Crippen LogP contribution in [-0.2, 0) is 4.74 Å². The maximum atomic E-state index is 5.66. The molecule has 0 aromatic heterocycles. The van der Waals surface area contributed by atoms with E-state index in [1.54, 1.807) is 0 Å². The van der Waals surface area contributed by atoms with Crippen LogP contribution in [0.1, 0.15) is 25.8 Å². The molecule has 0 amide bonds. The third-order valence-corrected chi connectivity index (χ3v) is 2.53. The number of ether oxygens (including phenoxy) is 1. The molecule has 0 bridgehead atoms. The molecule has 2 atom stereocenters. The van der Waals surface area contributed by atoms with E-state index in [0.717, 1.165) is 6.42 Å². The average Bonchev–Trinajstić information content (AvgIpc) is 2.18. The van der Waals surface area contributed by atoms with Gasteiger partial charge < -0.3 is 4.74 Å². The zero-order chi connectivity index (χ0) is 9.97. The molecule has 2 unspecified atom stereocenters. The molecule has 1 heteroatoms. The van der Waals surface area contributed by atoms with Crippen molar-refractivity contribution in [2.75, 3.05) is 0 Å². The van der Waals surface area contributed by atoms with Gasteiger partial charge in [-0.3, -0.25) is 0 Å². The standard InChI is InChI=1S/C13H16O/c1-10-8-13(9-11(2)14-10)12-6-4-3-5-7-12/h3-8,10-11H,9H2,1-2H3. The molecular formula is C13H16O. The fraction of sp³-hybridized carbons (Fsp3) is 0.385. The first kappa shape index (κ1) is 9.47. The van der Waals surface area contributed by atoms with Crippen molar-refractivity contribution in [3.05, 3.63) is 42.0 Å². The second-order valence-electron chi connectivity index (χ2n) is 3.91. The van der Waals surface area contributed by atoms with Crippen molar-refractivity contribution in [1.82, 2.24) is 0 Å². The predicted molar refractivity (Wildman–Crippen MR) is 59.0 cm³/mol. The van der Waals surface area contributed by atoms with Gasteiger partial charge in [0, 0.05) is 0 Å². The molecule has 14 heavy (non-hydrogen) atoms. The summed E-state index contributed by atoms with van der Waals surface area (Å²) in [5.41, 5.74) is 2.74. The van der Waals surface area contributed by atoms with Gasteiger partial charge in [-0.25, -0.2) is 0 Å². The minimum absolute atomic E-state index is 0.244. The Balaban J connectivity index is 2.26. The number of benzene rings is 1. The summed E-state index contributed by atoms with van der Waals surface area (Å²) in [6, 6.07) is 10.5. The van der Waals surface area contributed by atoms with E-state index in [-0.39, 0.29) is 6.10 Å². The highest BCUT2D eigenvalue weighted by atomic mass is 16.5. The number of hydrogen-bond donors (Lipinski definition) is 0. The van der Waals surface area contributed by atoms with Crippen LogP contribution in [0.15, 0.2) is 36.4 Å². The number of hydrogen-bond acceptors (Lipinski definition) is 1. The first-order valence-corrected chi connectivity index (χ1v) is 5.17. The minimum Gasteiger partial charge on any atom is -0.371 e. The van der Waals surface area contributed by atoms with Gasteiger partial charge in [0.25, 0.3) is 0 Å². The van der Waals surface area contributed by atoms with Crippen molar-refractivity contribution in [1.29, 1.82) is 0 Å². The van der Waals surface area contributed by atoms with E-state index in [1.807, 2.05) is 0 Å². The summed E-state index contributed by atoms with van der Waals surface area (Å²) in [7, 11) is 0. The molecule has 0 saturated heterocycles. The summed E-state index contributed by atoms with van der Waals surface area (Å²) < 4.78 is 5.66. The van der Waals surface area contributed by atoms with Gasteiger partial charge in [0.05, 0.1) is 12.2 Å². The monoisotopic (exact) mass is 188 g/mol. The predicted octanol–water partition coefficient (Wildman–Crippen LogP) is 3.27. The molecule has 1 aliphatic heterocycles. The summed E-state index contributed by atoms with van der Waals surface area (Å²) in [5, 5.41) is 0. The van der Waals surface area contributed by atoms with Crippen molar-refractivity contribution in [3.8, 4) is 0 Å². The van der Waals surface area contributed by atoms with Crippen LogP contribution in [0.5, 0.6) is 0 Å². The molecule has 0 spiro atoms. The molecule has 0 aliphatic carbocycles. The van der Waals surface area contributed by atoms with E-state index in [2.05, 4.69) is 50.3 Å². The summed E-state index contributed by atoms with van der Waals surface area (Å²) in [6.45, 7) is 4.23. The second-order valence-corrected chi connectivity index (χ2v) is 3.91. The van der Waals surface area contributed by atoms with Gasteiger partial charge in [-0.2, -0.15) is 0 Å². The molecular weight excluding hydrogens is 172 g/mol. The highest BCUT2D eigenvalue weighted by molar-refractivity contribution is 5.66. The SMILES string of the molecule is CC1C=C(c2ccccc2)CC(C)O1. The van der Waals surface area contributed by atoms with E-state index >= 15 is 0 Å². The van der Waals surface area contributed by atoms with Crippen LogP contribution >= 0.6 is 0 Å². The highest BCUT2D eigenvalue weighted by Gasteiger charge is 2.16. The molecule has 0 N–H and O–H groups in total. The van der Waals surface area contributed by atoms with Gasteiger partial charge >= 0.3 is 0 Å². The van der Waals surface area contributed by atoms with Crippen molar-refractivity contribution < 1.29 is 4.74 Å². The lowest BCUT2D eigenvalue weighted by atomic mass is 9.96. The van der Waals surface area contributed by atoms with Gasteiger partial charge in [-0.05, 0) is 31.4 Å². The Kier molecular flexibility index (Phi) is 2.69. The summed E-state index contributed by atoms with van der Waals surface area (Å²) in [6.07, 6.45) is 3.82. The van der Waals surface area contributed by atoms with Crippen molar-refractivity contribution in [2.45, 2.75) is 32.5 Å². The Morgan fingerprint density at radius 3 is 2.50 bits per heavy atom. The van der Waals surface area contributed by atoms with Gasteiger partial charge in [0.2, 0.25) is 0 Å².